The number of anilines is 1. The Kier molecular flexibility index (Phi) is 3.55. The molecule has 0 radical (unpaired) electrons. The quantitative estimate of drug-likeness (QED) is 0.766. The van der Waals surface area contributed by atoms with Gasteiger partial charge in [0.25, 0.3) is 0 Å². The molecule has 2 aromatic carbocycles. The highest BCUT2D eigenvalue weighted by Gasteiger charge is 2.38. The summed E-state index contributed by atoms with van der Waals surface area (Å²) in [5.41, 5.74) is 3.01. The van der Waals surface area contributed by atoms with E-state index in [4.69, 9.17) is 4.42 Å². The van der Waals surface area contributed by atoms with Crippen molar-refractivity contribution in [3.05, 3.63) is 48.0 Å². The number of oxazole rings is 1. The van der Waals surface area contributed by atoms with E-state index in [-0.39, 0.29) is 5.69 Å². The molecule has 0 spiro atoms. The first-order valence-corrected chi connectivity index (χ1v) is 6.69. The first-order chi connectivity index (χ1) is 10.8. The van der Waals surface area contributed by atoms with Crippen molar-refractivity contribution in [2.75, 3.05) is 5.32 Å². The van der Waals surface area contributed by atoms with Crippen LogP contribution < -0.4 is 5.32 Å². The van der Waals surface area contributed by atoms with Gasteiger partial charge in [-0.05, 0) is 48.9 Å². The minimum atomic E-state index is -4.92. The van der Waals surface area contributed by atoms with E-state index in [0.717, 1.165) is 5.56 Å². The van der Waals surface area contributed by atoms with Gasteiger partial charge in [0.15, 0.2) is 5.58 Å². The van der Waals surface area contributed by atoms with Crippen molar-refractivity contribution in [1.82, 2.24) is 4.98 Å². The summed E-state index contributed by atoms with van der Waals surface area (Å²) in [5, 5.41) is 1.78. The number of carbonyl (C=O) groups is 1. The summed E-state index contributed by atoms with van der Waals surface area (Å²) in [6.07, 6.45) is -4.92. The first kappa shape index (κ1) is 15.1. The molecule has 7 heteroatoms. The average molecular weight is 320 g/mol. The number of hydrogen-bond acceptors (Lipinski definition) is 3. The molecular weight excluding hydrogens is 309 g/mol. The molecular formula is C16H11F3N2O2. The molecule has 0 atom stereocenters. The van der Waals surface area contributed by atoms with E-state index in [0.29, 0.717) is 22.6 Å². The van der Waals surface area contributed by atoms with Crippen molar-refractivity contribution in [2.24, 2.45) is 0 Å². The van der Waals surface area contributed by atoms with Crippen molar-refractivity contribution in [3.63, 3.8) is 0 Å². The Morgan fingerprint density at radius 3 is 2.48 bits per heavy atom. The van der Waals surface area contributed by atoms with E-state index in [1.54, 1.807) is 5.32 Å². The third kappa shape index (κ3) is 3.18. The number of fused-ring (bicyclic) bond motifs is 1. The first-order valence-electron chi connectivity index (χ1n) is 6.69. The molecule has 0 saturated carbocycles. The van der Waals surface area contributed by atoms with Gasteiger partial charge in [0.1, 0.15) is 5.52 Å². The lowest BCUT2D eigenvalue weighted by Gasteiger charge is -2.07. The molecule has 0 aliphatic carbocycles. The number of hydrogen-bond donors (Lipinski definition) is 1. The number of nitrogens with one attached hydrogen (secondary N) is 1. The molecule has 0 bridgehead atoms. The van der Waals surface area contributed by atoms with E-state index < -0.39 is 12.1 Å². The molecule has 1 N–H and O–H groups in total. The monoisotopic (exact) mass is 320 g/mol. The number of aryl methyl sites for hydroxylation is 1. The van der Waals surface area contributed by atoms with Gasteiger partial charge >= 0.3 is 12.1 Å². The number of aromatic nitrogens is 1. The number of rotatable bonds is 2. The fourth-order valence-electron chi connectivity index (χ4n) is 2.05. The zero-order chi connectivity index (χ0) is 16.6. The van der Waals surface area contributed by atoms with Gasteiger partial charge in [-0.15, -0.1) is 0 Å². The molecule has 4 nitrogen and oxygen atoms in total. The molecule has 3 rings (SSSR count). The van der Waals surface area contributed by atoms with Crippen LogP contribution >= 0.6 is 0 Å². The van der Waals surface area contributed by atoms with Crippen molar-refractivity contribution >= 4 is 22.7 Å². The van der Waals surface area contributed by atoms with Gasteiger partial charge in [0, 0.05) is 11.3 Å². The second kappa shape index (κ2) is 5.42. The van der Waals surface area contributed by atoms with E-state index >= 15 is 0 Å². The highest BCUT2D eigenvalue weighted by molar-refractivity contribution is 5.95. The van der Waals surface area contributed by atoms with Crippen LogP contribution in [0.25, 0.3) is 22.6 Å². The normalized spacial score (nSPS) is 11.7. The molecule has 1 amide bonds. The van der Waals surface area contributed by atoms with E-state index in [1.807, 2.05) is 25.1 Å². The topological polar surface area (TPSA) is 55.1 Å². The third-order valence-corrected chi connectivity index (χ3v) is 3.19. The van der Waals surface area contributed by atoms with Crippen molar-refractivity contribution in [2.45, 2.75) is 13.1 Å². The maximum absolute atomic E-state index is 12.2. The lowest BCUT2D eigenvalue weighted by molar-refractivity contribution is -0.167. The van der Waals surface area contributed by atoms with Crippen molar-refractivity contribution in [3.8, 4) is 11.5 Å². The lowest BCUT2D eigenvalue weighted by atomic mass is 10.2. The zero-order valence-corrected chi connectivity index (χ0v) is 11.9. The molecule has 0 unspecified atom stereocenters. The van der Waals surface area contributed by atoms with Crippen LogP contribution in [0.3, 0.4) is 0 Å². The smallest absolute Gasteiger partial charge is 0.436 e. The Labute approximate surface area is 128 Å². The predicted molar refractivity (Wildman–Crippen MR) is 78.9 cm³/mol. The van der Waals surface area contributed by atoms with E-state index in [9.17, 15) is 18.0 Å². The van der Waals surface area contributed by atoms with Crippen LogP contribution in [-0.4, -0.2) is 17.1 Å². The maximum Gasteiger partial charge on any atom is 0.471 e. The highest BCUT2D eigenvalue weighted by Crippen LogP contribution is 2.26. The van der Waals surface area contributed by atoms with Crippen LogP contribution in [0.4, 0.5) is 18.9 Å². The Hall–Kier alpha value is -2.83. The Bertz CT molecular complexity index is 867. The van der Waals surface area contributed by atoms with Crippen LogP contribution in [0.2, 0.25) is 0 Å². The number of amides is 1. The van der Waals surface area contributed by atoms with Crippen LogP contribution in [0.1, 0.15) is 5.56 Å². The van der Waals surface area contributed by atoms with Gasteiger partial charge < -0.3 is 9.73 Å². The van der Waals surface area contributed by atoms with Gasteiger partial charge in [-0.3, -0.25) is 4.79 Å². The standard InChI is InChI=1S/C16H11F3N2O2/c1-9-2-7-12-13(8-9)23-14(21-12)10-3-5-11(6-4-10)20-15(22)16(17,18)19/h2-8H,1H3,(H,20,22). The molecule has 0 aliphatic heterocycles. The SMILES string of the molecule is Cc1ccc2nc(-c3ccc(NC(=O)C(F)(F)F)cc3)oc2c1. The molecule has 1 aromatic heterocycles. The highest BCUT2D eigenvalue weighted by atomic mass is 19.4. The number of halogens is 3. The molecule has 118 valence electrons. The van der Waals surface area contributed by atoms with Gasteiger partial charge in [-0.25, -0.2) is 4.98 Å². The summed E-state index contributed by atoms with van der Waals surface area (Å²) in [7, 11) is 0. The third-order valence-electron chi connectivity index (χ3n) is 3.19. The van der Waals surface area contributed by atoms with Gasteiger partial charge in [0.05, 0.1) is 0 Å². The summed E-state index contributed by atoms with van der Waals surface area (Å²) < 4.78 is 42.2. The fourth-order valence-corrected chi connectivity index (χ4v) is 2.05. The molecule has 23 heavy (non-hydrogen) atoms. The second-order valence-corrected chi connectivity index (χ2v) is 5.02. The fraction of sp³-hybridized carbons (Fsp3) is 0.125. The number of alkyl halides is 3. The summed E-state index contributed by atoms with van der Waals surface area (Å²) in [6.45, 7) is 1.93. The van der Waals surface area contributed by atoms with Crippen LogP contribution in [0.15, 0.2) is 46.9 Å². The summed E-state index contributed by atoms with van der Waals surface area (Å²) in [5.74, 6) is -1.65. The summed E-state index contributed by atoms with van der Waals surface area (Å²) in [6, 6.07) is 11.4. The summed E-state index contributed by atoms with van der Waals surface area (Å²) in [4.78, 5) is 15.2. The number of benzene rings is 2. The minimum absolute atomic E-state index is 0.0445. The van der Waals surface area contributed by atoms with E-state index in [1.165, 1.54) is 24.3 Å². The van der Waals surface area contributed by atoms with Gasteiger partial charge in [0.2, 0.25) is 5.89 Å². The molecule has 0 fully saturated rings. The van der Waals surface area contributed by atoms with Crippen LogP contribution in [0, 0.1) is 6.92 Å². The molecule has 1 heterocycles. The lowest BCUT2D eigenvalue weighted by Crippen LogP contribution is -2.29. The maximum atomic E-state index is 12.2. The van der Waals surface area contributed by atoms with Crippen LogP contribution in [-0.2, 0) is 4.79 Å². The number of nitrogens with zero attached hydrogens (tertiary/aromatic N) is 1. The average Bonchev–Trinajstić information content (AvgIpc) is 2.90. The van der Waals surface area contributed by atoms with Gasteiger partial charge in [-0.2, -0.15) is 13.2 Å². The molecule has 3 aromatic rings. The Balaban J connectivity index is 1.85. The minimum Gasteiger partial charge on any atom is -0.436 e. The van der Waals surface area contributed by atoms with Gasteiger partial charge in [-0.1, -0.05) is 6.07 Å². The Morgan fingerprint density at radius 2 is 1.83 bits per heavy atom. The second-order valence-electron chi connectivity index (χ2n) is 5.02. The number of carbonyl (C=O) groups excluding carboxylic acids is 1. The van der Waals surface area contributed by atoms with Crippen molar-refractivity contribution < 1.29 is 22.4 Å². The largest absolute Gasteiger partial charge is 0.471 e. The van der Waals surface area contributed by atoms with Crippen LogP contribution in [0.5, 0.6) is 0 Å². The summed E-state index contributed by atoms with van der Waals surface area (Å²) >= 11 is 0. The predicted octanol–water partition coefficient (Wildman–Crippen LogP) is 4.30. The Morgan fingerprint density at radius 1 is 1.13 bits per heavy atom. The molecule has 0 aliphatic rings. The zero-order valence-electron chi connectivity index (χ0n) is 11.9. The van der Waals surface area contributed by atoms with Crippen molar-refractivity contribution in [1.29, 1.82) is 0 Å². The van der Waals surface area contributed by atoms with E-state index in [2.05, 4.69) is 4.98 Å². The molecule has 0 saturated heterocycles.